The number of alkyl halides is 3. The molecule has 0 saturated carbocycles. The number of imide groups is 1. The predicted molar refractivity (Wildman–Crippen MR) is 105 cm³/mol. The van der Waals surface area contributed by atoms with Gasteiger partial charge in [-0.1, -0.05) is 54.6 Å². The van der Waals surface area contributed by atoms with Crippen molar-refractivity contribution >= 4 is 23.6 Å². The lowest BCUT2D eigenvalue weighted by Crippen LogP contribution is -2.35. The summed E-state index contributed by atoms with van der Waals surface area (Å²) in [6.45, 7) is 3.68. The summed E-state index contributed by atoms with van der Waals surface area (Å²) < 4.78 is 45.1. The Balaban J connectivity index is 1.67. The minimum Gasteiger partial charge on any atom is -0.365 e. The fraction of sp³-hybridized carbons (Fsp3) is 0.217. The maximum absolute atomic E-state index is 13.1. The molecule has 0 aliphatic carbocycles. The molecule has 154 valence electrons. The number of rotatable bonds is 4. The maximum Gasteiger partial charge on any atom is 0.416 e. The summed E-state index contributed by atoms with van der Waals surface area (Å²) in [5.74, 6) is -2.80. The van der Waals surface area contributed by atoms with Crippen LogP contribution in [0.3, 0.4) is 0 Å². The van der Waals surface area contributed by atoms with Gasteiger partial charge in [0, 0.05) is 0 Å². The highest BCUT2D eigenvalue weighted by molar-refractivity contribution is 6.22. The van der Waals surface area contributed by atoms with Crippen LogP contribution in [0.2, 0.25) is 0 Å². The number of fused-ring (bicyclic) bond motifs is 1. The summed E-state index contributed by atoms with van der Waals surface area (Å²) in [4.78, 5) is 27.0. The summed E-state index contributed by atoms with van der Waals surface area (Å²) in [6.07, 6.45) is -1.02. The van der Waals surface area contributed by atoms with Crippen molar-refractivity contribution in [2.24, 2.45) is 11.8 Å². The normalized spacial score (nSPS) is 26.4. The van der Waals surface area contributed by atoms with Gasteiger partial charge in [0.1, 0.15) is 0 Å². The van der Waals surface area contributed by atoms with Crippen molar-refractivity contribution in [2.45, 2.75) is 18.4 Å². The Morgan fingerprint density at radius 3 is 2.23 bits per heavy atom. The number of halogens is 3. The van der Waals surface area contributed by atoms with Gasteiger partial charge in [-0.05, 0) is 23.8 Å². The van der Waals surface area contributed by atoms with E-state index in [1.807, 2.05) is 30.3 Å². The number of amides is 2. The smallest absolute Gasteiger partial charge is 0.365 e. The van der Waals surface area contributed by atoms with Crippen LogP contribution in [0.4, 0.5) is 18.9 Å². The average molecular weight is 413 g/mol. The van der Waals surface area contributed by atoms with Crippen LogP contribution in [0.1, 0.15) is 11.1 Å². The van der Waals surface area contributed by atoms with Crippen LogP contribution < -0.4 is 4.90 Å². The first-order chi connectivity index (χ1) is 14.3. The van der Waals surface area contributed by atoms with Crippen molar-refractivity contribution < 1.29 is 27.5 Å². The Kier molecular flexibility index (Phi) is 5.07. The van der Waals surface area contributed by atoms with Crippen molar-refractivity contribution in [3.8, 4) is 0 Å². The molecule has 0 N–H and O–H groups in total. The number of anilines is 1. The van der Waals surface area contributed by atoms with Crippen LogP contribution in [0.15, 0.2) is 73.3 Å². The van der Waals surface area contributed by atoms with E-state index in [0.717, 1.165) is 22.6 Å². The van der Waals surface area contributed by atoms with Gasteiger partial charge in [-0.25, -0.2) is 4.90 Å². The number of hydrogen-bond acceptors (Lipinski definition) is 3. The Morgan fingerprint density at radius 1 is 0.933 bits per heavy atom. The van der Waals surface area contributed by atoms with Crippen molar-refractivity contribution in [3.05, 3.63) is 84.5 Å². The van der Waals surface area contributed by atoms with Gasteiger partial charge in [-0.2, -0.15) is 13.2 Å². The molecule has 0 radical (unpaired) electrons. The SMILES string of the molecule is C=CC1OC(/C=C/c2ccccc2)C2C(=O)N(c3cccc(C(F)(F)F)c3)C(=O)C12. The Labute approximate surface area is 171 Å². The Bertz CT molecular complexity index is 1020. The molecule has 30 heavy (non-hydrogen) atoms. The fourth-order valence-corrected chi connectivity index (χ4v) is 3.97. The predicted octanol–water partition coefficient (Wildman–Crippen LogP) is 4.48. The molecule has 2 aromatic carbocycles. The molecule has 2 amide bonds. The van der Waals surface area contributed by atoms with Crippen molar-refractivity contribution in [2.75, 3.05) is 4.90 Å². The summed E-state index contributed by atoms with van der Waals surface area (Å²) in [5, 5.41) is 0. The molecule has 2 heterocycles. The standard InChI is InChI=1S/C23H18F3NO3/c1-2-17-19-20(18(30-17)12-11-14-7-4-3-5-8-14)22(29)27(21(19)28)16-10-6-9-15(13-16)23(24,25)26/h2-13,17-20H,1H2/b12-11+. The van der Waals surface area contributed by atoms with Gasteiger partial charge in [-0.3, -0.25) is 9.59 Å². The lowest BCUT2D eigenvalue weighted by molar-refractivity contribution is -0.137. The van der Waals surface area contributed by atoms with Gasteiger partial charge in [-0.15, -0.1) is 6.58 Å². The molecule has 7 heteroatoms. The molecule has 2 aromatic rings. The monoisotopic (exact) mass is 413 g/mol. The number of carbonyl (C=O) groups is 2. The number of benzene rings is 2. The van der Waals surface area contributed by atoms with E-state index in [2.05, 4.69) is 6.58 Å². The number of hydrogen-bond donors (Lipinski definition) is 0. The highest BCUT2D eigenvalue weighted by Crippen LogP contribution is 2.44. The van der Waals surface area contributed by atoms with E-state index in [4.69, 9.17) is 4.74 Å². The molecule has 4 atom stereocenters. The zero-order valence-corrected chi connectivity index (χ0v) is 15.8. The van der Waals surface area contributed by atoms with E-state index in [1.165, 1.54) is 18.2 Å². The highest BCUT2D eigenvalue weighted by atomic mass is 19.4. The molecule has 4 rings (SSSR count). The third-order valence-corrected chi connectivity index (χ3v) is 5.36. The van der Waals surface area contributed by atoms with Gasteiger partial charge >= 0.3 is 6.18 Å². The molecule has 2 aliphatic rings. The van der Waals surface area contributed by atoms with Gasteiger partial charge < -0.3 is 4.74 Å². The van der Waals surface area contributed by atoms with Crippen molar-refractivity contribution in [1.82, 2.24) is 0 Å². The quantitative estimate of drug-likeness (QED) is 0.549. The van der Waals surface area contributed by atoms with E-state index >= 15 is 0 Å². The molecule has 4 nitrogen and oxygen atoms in total. The van der Waals surface area contributed by atoms with Crippen molar-refractivity contribution in [1.29, 1.82) is 0 Å². The molecule has 2 aliphatic heterocycles. The van der Waals surface area contributed by atoms with E-state index in [9.17, 15) is 22.8 Å². The molecule has 0 bridgehead atoms. The fourth-order valence-electron chi connectivity index (χ4n) is 3.97. The average Bonchev–Trinajstić information content (AvgIpc) is 3.23. The largest absolute Gasteiger partial charge is 0.416 e. The lowest BCUT2D eigenvalue weighted by Gasteiger charge is -2.20. The summed E-state index contributed by atoms with van der Waals surface area (Å²) >= 11 is 0. The van der Waals surface area contributed by atoms with Gasteiger partial charge in [0.05, 0.1) is 35.3 Å². The zero-order chi connectivity index (χ0) is 21.5. The first-order valence-corrected chi connectivity index (χ1v) is 9.37. The van der Waals surface area contributed by atoms with Gasteiger partial charge in [0.25, 0.3) is 0 Å². The van der Waals surface area contributed by atoms with Crippen LogP contribution in [-0.2, 0) is 20.5 Å². The zero-order valence-electron chi connectivity index (χ0n) is 15.8. The van der Waals surface area contributed by atoms with Crippen LogP contribution in [0.25, 0.3) is 6.08 Å². The summed E-state index contributed by atoms with van der Waals surface area (Å²) in [7, 11) is 0. The number of nitrogens with zero attached hydrogens (tertiary/aromatic N) is 1. The van der Waals surface area contributed by atoms with E-state index in [1.54, 1.807) is 12.2 Å². The first kappa shape index (κ1) is 20.1. The summed E-state index contributed by atoms with van der Waals surface area (Å²) in [5.41, 5.74) is -0.122. The second-order valence-corrected chi connectivity index (χ2v) is 7.18. The molecular formula is C23H18F3NO3. The van der Waals surface area contributed by atoms with Crippen molar-refractivity contribution in [3.63, 3.8) is 0 Å². The molecule has 2 fully saturated rings. The first-order valence-electron chi connectivity index (χ1n) is 9.37. The Morgan fingerprint density at radius 2 is 1.60 bits per heavy atom. The second kappa shape index (κ2) is 7.57. The third-order valence-electron chi connectivity index (χ3n) is 5.36. The molecule has 0 aromatic heterocycles. The number of carbonyl (C=O) groups excluding carboxylic acids is 2. The van der Waals surface area contributed by atoms with Gasteiger partial charge in [0.2, 0.25) is 11.8 Å². The van der Waals surface area contributed by atoms with E-state index in [0.29, 0.717) is 0 Å². The third kappa shape index (κ3) is 3.45. The summed E-state index contributed by atoms with van der Waals surface area (Å²) in [6, 6.07) is 13.6. The Hall–Kier alpha value is -3.19. The molecule has 0 spiro atoms. The second-order valence-electron chi connectivity index (χ2n) is 7.18. The minimum absolute atomic E-state index is 0.0946. The maximum atomic E-state index is 13.1. The van der Waals surface area contributed by atoms with Crippen LogP contribution in [0.5, 0.6) is 0 Å². The highest BCUT2D eigenvalue weighted by Gasteiger charge is 2.59. The molecule has 2 saturated heterocycles. The van der Waals surface area contributed by atoms with E-state index in [-0.39, 0.29) is 5.69 Å². The molecule has 4 unspecified atom stereocenters. The number of ether oxygens (including phenoxy) is 1. The lowest BCUT2D eigenvalue weighted by atomic mass is 9.89. The van der Waals surface area contributed by atoms with Crippen LogP contribution in [0, 0.1) is 11.8 Å². The molecular weight excluding hydrogens is 395 g/mol. The van der Waals surface area contributed by atoms with Crippen LogP contribution in [-0.4, -0.2) is 24.0 Å². The minimum atomic E-state index is -4.58. The van der Waals surface area contributed by atoms with Crippen LogP contribution >= 0.6 is 0 Å². The van der Waals surface area contributed by atoms with E-state index < -0.39 is 47.6 Å². The van der Waals surface area contributed by atoms with Gasteiger partial charge in [0.15, 0.2) is 0 Å². The topological polar surface area (TPSA) is 46.6 Å².